The van der Waals surface area contributed by atoms with Crippen molar-refractivity contribution in [3.05, 3.63) is 35.9 Å². The van der Waals surface area contributed by atoms with E-state index in [-0.39, 0.29) is 18.4 Å². The average molecular weight is 319 g/mol. The second-order valence-corrected chi connectivity index (χ2v) is 6.07. The number of nitrogens with zero attached hydrogens (tertiary/aromatic N) is 1. The van der Waals surface area contributed by atoms with Crippen LogP contribution in [0.25, 0.3) is 0 Å². The second-order valence-electron chi connectivity index (χ2n) is 6.07. The van der Waals surface area contributed by atoms with Gasteiger partial charge in [0.15, 0.2) is 0 Å². The summed E-state index contributed by atoms with van der Waals surface area (Å²) in [7, 11) is 1.39. The first-order valence-electron chi connectivity index (χ1n) is 8.19. The zero-order valence-corrected chi connectivity index (χ0v) is 13.6. The van der Waals surface area contributed by atoms with Crippen molar-refractivity contribution in [1.29, 1.82) is 0 Å². The molecule has 126 valence electrons. The standard InChI is InChI=1S/C18H25NO4/c1-22-18(21)17(11-15-7-5-6-8-15)12-19(14-20)23-13-16-9-3-2-4-10-16/h2-4,9-10,14-15,17H,5-8,11-13H2,1H3. The van der Waals surface area contributed by atoms with Gasteiger partial charge in [0.05, 0.1) is 19.6 Å². The highest BCUT2D eigenvalue weighted by Gasteiger charge is 2.28. The molecule has 0 aliphatic heterocycles. The van der Waals surface area contributed by atoms with Crippen molar-refractivity contribution in [1.82, 2.24) is 5.06 Å². The largest absolute Gasteiger partial charge is 0.469 e. The molecule has 5 heteroatoms. The minimum Gasteiger partial charge on any atom is -0.469 e. The minimum absolute atomic E-state index is 0.236. The first-order chi connectivity index (χ1) is 11.2. The van der Waals surface area contributed by atoms with Gasteiger partial charge >= 0.3 is 5.97 Å². The lowest BCUT2D eigenvalue weighted by Crippen LogP contribution is -2.34. The molecule has 1 fully saturated rings. The lowest BCUT2D eigenvalue weighted by molar-refractivity contribution is -0.185. The molecule has 1 aromatic rings. The van der Waals surface area contributed by atoms with Gasteiger partial charge in [0.25, 0.3) is 0 Å². The van der Waals surface area contributed by atoms with Crippen molar-refractivity contribution in [3.8, 4) is 0 Å². The van der Waals surface area contributed by atoms with Crippen molar-refractivity contribution in [2.75, 3.05) is 13.7 Å². The molecule has 1 aromatic carbocycles. The number of ether oxygens (including phenoxy) is 1. The summed E-state index contributed by atoms with van der Waals surface area (Å²) in [6.45, 7) is 0.538. The van der Waals surface area contributed by atoms with Crippen LogP contribution in [0.5, 0.6) is 0 Å². The zero-order chi connectivity index (χ0) is 16.5. The molecule has 0 radical (unpaired) electrons. The van der Waals surface area contributed by atoms with E-state index in [0.717, 1.165) is 24.8 Å². The number of hydrogen-bond donors (Lipinski definition) is 0. The van der Waals surface area contributed by atoms with Crippen LogP contribution < -0.4 is 0 Å². The number of amides is 1. The fraction of sp³-hybridized carbons (Fsp3) is 0.556. The summed E-state index contributed by atoms with van der Waals surface area (Å²) in [5, 5.41) is 1.21. The number of carbonyl (C=O) groups excluding carboxylic acids is 2. The Balaban J connectivity index is 1.89. The number of rotatable bonds is 9. The van der Waals surface area contributed by atoms with E-state index in [4.69, 9.17) is 9.57 Å². The van der Waals surface area contributed by atoms with Crippen molar-refractivity contribution in [2.45, 2.75) is 38.7 Å². The molecule has 0 bridgehead atoms. The van der Waals surface area contributed by atoms with Gasteiger partial charge in [-0.3, -0.25) is 14.4 Å². The van der Waals surface area contributed by atoms with Crippen LogP contribution in [-0.4, -0.2) is 31.1 Å². The number of hydroxylamine groups is 2. The fourth-order valence-corrected chi connectivity index (χ4v) is 3.14. The van der Waals surface area contributed by atoms with Gasteiger partial charge in [-0.15, -0.1) is 0 Å². The van der Waals surface area contributed by atoms with E-state index in [1.807, 2.05) is 30.3 Å². The second kappa shape index (κ2) is 9.30. The first kappa shape index (κ1) is 17.5. The van der Waals surface area contributed by atoms with Crippen molar-refractivity contribution in [2.24, 2.45) is 11.8 Å². The minimum atomic E-state index is -0.330. The van der Waals surface area contributed by atoms with Gasteiger partial charge in [0.2, 0.25) is 6.41 Å². The summed E-state index contributed by atoms with van der Waals surface area (Å²) in [4.78, 5) is 28.8. The summed E-state index contributed by atoms with van der Waals surface area (Å²) in [5.74, 6) is -0.0575. The van der Waals surface area contributed by atoms with Crippen LogP contribution in [0.1, 0.15) is 37.7 Å². The van der Waals surface area contributed by atoms with Gasteiger partial charge in [-0.2, -0.15) is 0 Å². The van der Waals surface area contributed by atoms with E-state index in [1.165, 1.54) is 25.0 Å². The summed E-state index contributed by atoms with van der Waals surface area (Å²) in [6, 6.07) is 9.62. The predicted octanol–water partition coefficient (Wildman–Crippen LogP) is 2.95. The summed E-state index contributed by atoms with van der Waals surface area (Å²) >= 11 is 0. The Bertz CT molecular complexity index is 485. The molecule has 0 saturated heterocycles. The van der Waals surface area contributed by atoms with Gasteiger partial charge in [-0.05, 0) is 17.9 Å². The molecule has 1 atom stereocenters. The van der Waals surface area contributed by atoms with E-state index in [0.29, 0.717) is 18.9 Å². The fourth-order valence-electron chi connectivity index (χ4n) is 3.14. The highest BCUT2D eigenvalue weighted by molar-refractivity contribution is 5.72. The third kappa shape index (κ3) is 5.67. The molecule has 0 aromatic heterocycles. The number of methoxy groups -OCH3 is 1. The molecule has 1 unspecified atom stereocenters. The molecule has 1 amide bonds. The highest BCUT2D eigenvalue weighted by atomic mass is 16.7. The van der Waals surface area contributed by atoms with E-state index in [9.17, 15) is 9.59 Å². The van der Waals surface area contributed by atoms with E-state index in [1.54, 1.807) is 0 Å². The molecule has 0 N–H and O–H groups in total. The number of carbonyl (C=O) groups is 2. The maximum absolute atomic E-state index is 12.0. The highest BCUT2D eigenvalue weighted by Crippen LogP contribution is 2.31. The molecular formula is C18H25NO4. The number of esters is 1. The topological polar surface area (TPSA) is 55.8 Å². The van der Waals surface area contributed by atoms with E-state index in [2.05, 4.69) is 0 Å². The number of hydrogen-bond acceptors (Lipinski definition) is 4. The summed E-state index contributed by atoms with van der Waals surface area (Å²) in [6.07, 6.45) is 6.14. The van der Waals surface area contributed by atoms with E-state index < -0.39 is 0 Å². The molecule has 1 aliphatic rings. The van der Waals surface area contributed by atoms with Crippen LogP contribution in [0.15, 0.2) is 30.3 Å². The molecule has 2 rings (SSSR count). The Hall–Kier alpha value is -1.88. The van der Waals surface area contributed by atoms with Gasteiger partial charge in [0.1, 0.15) is 6.61 Å². The lowest BCUT2D eigenvalue weighted by Gasteiger charge is -2.24. The SMILES string of the molecule is COC(=O)C(CC1CCCC1)CN(C=O)OCc1ccccc1. The maximum atomic E-state index is 12.0. The first-order valence-corrected chi connectivity index (χ1v) is 8.19. The molecule has 1 aliphatic carbocycles. The van der Waals surface area contributed by atoms with Gasteiger partial charge in [0, 0.05) is 0 Å². The molecule has 23 heavy (non-hydrogen) atoms. The summed E-state index contributed by atoms with van der Waals surface area (Å²) < 4.78 is 4.89. The quantitative estimate of drug-likeness (QED) is 0.399. The Morgan fingerprint density at radius 2 is 2.00 bits per heavy atom. The van der Waals surface area contributed by atoms with Gasteiger partial charge in [-0.25, -0.2) is 5.06 Å². The molecular weight excluding hydrogens is 294 g/mol. The van der Waals surface area contributed by atoms with Crippen molar-refractivity contribution in [3.63, 3.8) is 0 Å². The molecule has 0 heterocycles. The third-order valence-corrected chi connectivity index (χ3v) is 4.38. The van der Waals surface area contributed by atoms with Crippen LogP contribution in [-0.2, 0) is 25.8 Å². The average Bonchev–Trinajstić information content (AvgIpc) is 3.10. The monoisotopic (exact) mass is 319 g/mol. The Labute approximate surface area is 137 Å². The zero-order valence-electron chi connectivity index (χ0n) is 13.6. The summed E-state index contributed by atoms with van der Waals surface area (Å²) in [5.41, 5.74) is 0.977. The van der Waals surface area contributed by atoms with Crippen LogP contribution in [0.3, 0.4) is 0 Å². The number of benzene rings is 1. The normalized spacial score (nSPS) is 16.0. The Morgan fingerprint density at radius 3 is 2.61 bits per heavy atom. The van der Waals surface area contributed by atoms with Crippen LogP contribution in [0, 0.1) is 11.8 Å². The smallest absolute Gasteiger partial charge is 0.310 e. The van der Waals surface area contributed by atoms with Crippen LogP contribution in [0.4, 0.5) is 0 Å². The van der Waals surface area contributed by atoms with Crippen LogP contribution >= 0.6 is 0 Å². The lowest BCUT2D eigenvalue weighted by atomic mass is 9.93. The maximum Gasteiger partial charge on any atom is 0.310 e. The predicted molar refractivity (Wildman–Crippen MR) is 86.1 cm³/mol. The molecule has 1 saturated carbocycles. The third-order valence-electron chi connectivity index (χ3n) is 4.38. The van der Waals surface area contributed by atoms with Crippen molar-refractivity contribution >= 4 is 12.4 Å². The van der Waals surface area contributed by atoms with E-state index >= 15 is 0 Å². The van der Waals surface area contributed by atoms with Gasteiger partial charge in [-0.1, -0.05) is 56.0 Å². The Morgan fingerprint density at radius 1 is 1.30 bits per heavy atom. The molecule has 5 nitrogen and oxygen atoms in total. The van der Waals surface area contributed by atoms with Crippen LogP contribution in [0.2, 0.25) is 0 Å². The van der Waals surface area contributed by atoms with Gasteiger partial charge < -0.3 is 4.74 Å². The Kier molecular flexibility index (Phi) is 7.07. The molecule has 0 spiro atoms. The van der Waals surface area contributed by atoms with Crippen molar-refractivity contribution < 1.29 is 19.2 Å².